The number of phenolic OH excluding ortho intramolecular Hbond substituents is 1. The van der Waals surface area contributed by atoms with Crippen LogP contribution in [0.2, 0.25) is 0 Å². The molecular weight excluding hydrogens is 256 g/mol. The van der Waals surface area contributed by atoms with E-state index in [9.17, 15) is 5.11 Å². The van der Waals surface area contributed by atoms with Gasteiger partial charge in [0.25, 0.3) is 0 Å². The maximum atomic E-state index is 9.68. The second-order valence-electron chi connectivity index (χ2n) is 6.86. The number of aromatic hydroxyl groups is 1. The van der Waals surface area contributed by atoms with Gasteiger partial charge in [-0.05, 0) is 78.0 Å². The number of hydrogen-bond acceptors (Lipinski definition) is 1. The predicted molar refractivity (Wildman–Crippen MR) is 87.8 cm³/mol. The van der Waals surface area contributed by atoms with Gasteiger partial charge in [-0.1, -0.05) is 36.8 Å². The fourth-order valence-electron chi connectivity index (χ4n) is 4.82. The van der Waals surface area contributed by atoms with Crippen LogP contribution in [0.4, 0.5) is 0 Å². The Morgan fingerprint density at radius 1 is 1.19 bits per heavy atom. The summed E-state index contributed by atoms with van der Waals surface area (Å²) >= 11 is 0. The van der Waals surface area contributed by atoms with Gasteiger partial charge in [0.1, 0.15) is 5.75 Å². The average molecular weight is 278 g/mol. The minimum absolute atomic E-state index is 0.361. The van der Waals surface area contributed by atoms with Crippen molar-refractivity contribution in [3.8, 4) is 5.75 Å². The van der Waals surface area contributed by atoms with Crippen LogP contribution in [-0.2, 0) is 6.42 Å². The summed E-state index contributed by atoms with van der Waals surface area (Å²) in [5.74, 6) is 1.03. The summed E-state index contributed by atoms with van der Waals surface area (Å²) in [5.41, 5.74) is 5.10. The molecule has 108 valence electrons. The molecule has 2 aliphatic carbocycles. The van der Waals surface area contributed by atoms with Crippen LogP contribution < -0.4 is 0 Å². The molecule has 0 amide bonds. The van der Waals surface area contributed by atoms with E-state index in [1.165, 1.54) is 35.6 Å². The van der Waals surface area contributed by atoms with Gasteiger partial charge in [0, 0.05) is 0 Å². The van der Waals surface area contributed by atoms with Crippen molar-refractivity contribution in [3.63, 3.8) is 0 Å². The molecule has 21 heavy (non-hydrogen) atoms. The van der Waals surface area contributed by atoms with E-state index in [0.29, 0.717) is 17.1 Å². The van der Waals surface area contributed by atoms with Crippen molar-refractivity contribution in [2.24, 2.45) is 5.41 Å². The molecule has 1 N–H and O–H groups in total. The third-order valence-corrected chi connectivity index (χ3v) is 5.97. The molecule has 2 aromatic rings. The van der Waals surface area contributed by atoms with Crippen molar-refractivity contribution in [3.05, 3.63) is 53.1 Å². The Bertz CT molecular complexity index is 756. The van der Waals surface area contributed by atoms with E-state index in [4.69, 9.17) is 0 Å². The van der Waals surface area contributed by atoms with E-state index < -0.39 is 0 Å². The molecule has 4 rings (SSSR count). The van der Waals surface area contributed by atoms with Crippen molar-refractivity contribution >= 4 is 10.8 Å². The molecule has 2 aromatic carbocycles. The van der Waals surface area contributed by atoms with E-state index in [-0.39, 0.29) is 0 Å². The number of hydrogen-bond donors (Lipinski definition) is 1. The van der Waals surface area contributed by atoms with Crippen LogP contribution in [-0.4, -0.2) is 5.11 Å². The van der Waals surface area contributed by atoms with Gasteiger partial charge in [-0.2, -0.15) is 0 Å². The van der Waals surface area contributed by atoms with Crippen LogP contribution in [0.25, 0.3) is 10.8 Å². The molecule has 2 aliphatic rings. The molecule has 0 aliphatic heterocycles. The summed E-state index contributed by atoms with van der Waals surface area (Å²) in [7, 11) is 0. The molecular formula is C20H22O. The van der Waals surface area contributed by atoms with Gasteiger partial charge in [-0.25, -0.2) is 0 Å². The van der Waals surface area contributed by atoms with Gasteiger partial charge in [0.05, 0.1) is 0 Å². The lowest BCUT2D eigenvalue weighted by Crippen LogP contribution is -2.28. The maximum absolute atomic E-state index is 9.68. The Morgan fingerprint density at radius 2 is 2.05 bits per heavy atom. The van der Waals surface area contributed by atoms with Crippen molar-refractivity contribution in [2.45, 2.75) is 45.4 Å². The van der Waals surface area contributed by atoms with E-state index in [2.05, 4.69) is 38.1 Å². The molecule has 0 saturated heterocycles. The van der Waals surface area contributed by atoms with Gasteiger partial charge >= 0.3 is 0 Å². The van der Waals surface area contributed by atoms with Crippen molar-refractivity contribution in [2.75, 3.05) is 0 Å². The van der Waals surface area contributed by atoms with Crippen LogP contribution in [0.5, 0.6) is 5.75 Å². The molecule has 0 radical (unpaired) electrons. The highest BCUT2D eigenvalue weighted by Crippen LogP contribution is 2.58. The SMILES string of the molecule is CC=C1CCC2c3ccc4cc(O)ccc4c3CCC12C. The monoisotopic (exact) mass is 278 g/mol. The molecule has 1 fully saturated rings. The Labute approximate surface area is 126 Å². The highest BCUT2D eigenvalue weighted by Gasteiger charge is 2.45. The van der Waals surface area contributed by atoms with Crippen LogP contribution >= 0.6 is 0 Å². The highest BCUT2D eigenvalue weighted by molar-refractivity contribution is 5.88. The summed E-state index contributed by atoms with van der Waals surface area (Å²) in [6.07, 6.45) is 7.30. The van der Waals surface area contributed by atoms with Gasteiger partial charge in [0.2, 0.25) is 0 Å². The lowest BCUT2D eigenvalue weighted by Gasteiger charge is -2.39. The summed E-state index contributed by atoms with van der Waals surface area (Å²) in [6, 6.07) is 10.3. The molecule has 0 bridgehead atoms. The lowest BCUT2D eigenvalue weighted by atomic mass is 9.65. The number of phenols is 1. The fourth-order valence-corrected chi connectivity index (χ4v) is 4.82. The van der Waals surface area contributed by atoms with Crippen molar-refractivity contribution in [1.29, 1.82) is 0 Å². The number of benzene rings is 2. The molecule has 0 aromatic heterocycles. The minimum Gasteiger partial charge on any atom is -0.508 e. The molecule has 2 unspecified atom stereocenters. The standard InChI is InChI=1S/C20H22O/c1-3-14-5-9-19-18-7-4-13-12-15(21)6-8-16(13)17(18)10-11-20(14,19)2/h3-4,6-8,12,19,21H,5,9-11H2,1-2H3. The summed E-state index contributed by atoms with van der Waals surface area (Å²) in [5, 5.41) is 12.2. The van der Waals surface area contributed by atoms with E-state index in [0.717, 1.165) is 6.42 Å². The Hall–Kier alpha value is -1.76. The van der Waals surface area contributed by atoms with Gasteiger partial charge in [-0.15, -0.1) is 0 Å². The summed E-state index contributed by atoms with van der Waals surface area (Å²) < 4.78 is 0. The van der Waals surface area contributed by atoms with Gasteiger partial charge < -0.3 is 5.11 Å². The lowest BCUT2D eigenvalue weighted by molar-refractivity contribution is 0.307. The Balaban J connectivity index is 1.92. The van der Waals surface area contributed by atoms with E-state index in [1.807, 2.05) is 12.1 Å². The van der Waals surface area contributed by atoms with Gasteiger partial charge in [-0.3, -0.25) is 0 Å². The maximum Gasteiger partial charge on any atom is 0.116 e. The van der Waals surface area contributed by atoms with Crippen LogP contribution in [0.1, 0.15) is 50.2 Å². The van der Waals surface area contributed by atoms with E-state index >= 15 is 0 Å². The third kappa shape index (κ3) is 1.70. The third-order valence-electron chi connectivity index (χ3n) is 5.97. The second kappa shape index (κ2) is 4.37. The largest absolute Gasteiger partial charge is 0.508 e. The first-order valence-electron chi connectivity index (χ1n) is 8.03. The zero-order chi connectivity index (χ0) is 14.6. The predicted octanol–water partition coefficient (Wildman–Crippen LogP) is 5.32. The number of aryl methyl sites for hydroxylation is 1. The molecule has 0 spiro atoms. The topological polar surface area (TPSA) is 20.2 Å². The zero-order valence-corrected chi connectivity index (χ0v) is 12.8. The first-order chi connectivity index (χ1) is 10.1. The normalized spacial score (nSPS) is 29.6. The van der Waals surface area contributed by atoms with E-state index in [1.54, 1.807) is 11.1 Å². The quantitative estimate of drug-likeness (QED) is 0.646. The average Bonchev–Trinajstić information content (AvgIpc) is 2.83. The number of rotatable bonds is 0. The molecule has 0 heterocycles. The molecule has 1 heteroatoms. The number of allylic oxidation sites excluding steroid dienone is 2. The minimum atomic E-state index is 0.361. The van der Waals surface area contributed by atoms with Gasteiger partial charge in [0.15, 0.2) is 0 Å². The van der Waals surface area contributed by atoms with Crippen molar-refractivity contribution < 1.29 is 5.11 Å². The fraction of sp³-hybridized carbons (Fsp3) is 0.400. The van der Waals surface area contributed by atoms with Crippen molar-refractivity contribution in [1.82, 2.24) is 0 Å². The first-order valence-corrected chi connectivity index (χ1v) is 8.03. The zero-order valence-electron chi connectivity index (χ0n) is 12.8. The molecule has 2 atom stereocenters. The Kier molecular flexibility index (Phi) is 2.69. The Morgan fingerprint density at radius 3 is 2.86 bits per heavy atom. The first kappa shape index (κ1) is 12.9. The van der Waals surface area contributed by atoms with Crippen LogP contribution in [0.15, 0.2) is 42.0 Å². The molecule has 1 nitrogen and oxygen atoms in total. The summed E-state index contributed by atoms with van der Waals surface area (Å²) in [4.78, 5) is 0. The highest BCUT2D eigenvalue weighted by atomic mass is 16.3. The summed E-state index contributed by atoms with van der Waals surface area (Å²) in [6.45, 7) is 4.66. The van der Waals surface area contributed by atoms with Crippen LogP contribution in [0, 0.1) is 5.41 Å². The van der Waals surface area contributed by atoms with Crippen LogP contribution in [0.3, 0.4) is 0 Å². The second-order valence-corrected chi connectivity index (χ2v) is 6.86. The molecule has 1 saturated carbocycles. The number of fused-ring (bicyclic) bond motifs is 5. The smallest absolute Gasteiger partial charge is 0.116 e.